The van der Waals surface area contributed by atoms with Gasteiger partial charge < -0.3 is 0 Å². The molecule has 0 aliphatic carbocycles. The minimum absolute atomic E-state index is 0.172. The number of benzene rings is 2. The van der Waals surface area contributed by atoms with E-state index < -0.39 is 17.5 Å². The molecular formula is C16H10ClF2N3OS2. The van der Waals surface area contributed by atoms with Gasteiger partial charge in [-0.15, -0.1) is 10.2 Å². The van der Waals surface area contributed by atoms with Crippen LogP contribution in [0.15, 0.2) is 46.8 Å². The van der Waals surface area contributed by atoms with E-state index in [0.717, 1.165) is 23.4 Å². The summed E-state index contributed by atoms with van der Waals surface area (Å²) in [5.74, 6) is -2.22. The van der Waals surface area contributed by atoms with Crippen LogP contribution in [-0.4, -0.2) is 16.1 Å². The maximum Gasteiger partial charge on any atom is 0.259 e. The Kier molecular flexibility index (Phi) is 5.62. The van der Waals surface area contributed by atoms with Gasteiger partial charge in [0.15, 0.2) is 16.0 Å². The number of nitrogens with zero attached hydrogens (tertiary/aromatic N) is 2. The summed E-state index contributed by atoms with van der Waals surface area (Å²) in [5, 5.41) is 10.4. The first-order chi connectivity index (χ1) is 12.0. The van der Waals surface area contributed by atoms with E-state index in [1.54, 1.807) is 0 Å². The molecule has 9 heteroatoms. The molecular weight excluding hydrogens is 388 g/mol. The molecule has 0 unspecified atom stereocenters. The van der Waals surface area contributed by atoms with Gasteiger partial charge in [0.1, 0.15) is 0 Å². The molecule has 0 radical (unpaired) electrons. The Morgan fingerprint density at radius 1 is 1.16 bits per heavy atom. The van der Waals surface area contributed by atoms with E-state index in [4.69, 9.17) is 11.6 Å². The van der Waals surface area contributed by atoms with E-state index in [1.807, 2.05) is 30.3 Å². The van der Waals surface area contributed by atoms with Crippen molar-refractivity contribution in [3.63, 3.8) is 0 Å². The first-order valence-corrected chi connectivity index (χ1v) is 9.17. The Bertz CT molecular complexity index is 906. The predicted molar refractivity (Wildman–Crippen MR) is 95.2 cm³/mol. The van der Waals surface area contributed by atoms with Crippen molar-refractivity contribution in [3.8, 4) is 0 Å². The molecule has 3 aromatic rings. The number of anilines is 1. The van der Waals surface area contributed by atoms with Crippen LogP contribution < -0.4 is 5.32 Å². The van der Waals surface area contributed by atoms with Crippen LogP contribution >= 0.6 is 34.7 Å². The largest absolute Gasteiger partial charge is 0.296 e. The molecule has 3 rings (SSSR count). The fraction of sp³-hybridized carbons (Fsp3) is 0.0625. The van der Waals surface area contributed by atoms with Gasteiger partial charge in [-0.1, -0.05) is 65.0 Å². The lowest BCUT2D eigenvalue weighted by molar-refractivity contribution is 0.102. The monoisotopic (exact) mass is 397 g/mol. The highest BCUT2D eigenvalue weighted by Gasteiger charge is 2.17. The number of nitrogens with one attached hydrogen (secondary N) is 1. The van der Waals surface area contributed by atoms with Gasteiger partial charge in [-0.25, -0.2) is 8.78 Å². The van der Waals surface area contributed by atoms with Gasteiger partial charge >= 0.3 is 0 Å². The highest BCUT2D eigenvalue weighted by atomic mass is 35.5. The second-order valence-electron chi connectivity index (χ2n) is 4.85. The summed E-state index contributed by atoms with van der Waals surface area (Å²) in [6, 6.07) is 11.4. The molecule has 4 nitrogen and oxygen atoms in total. The molecule has 0 bridgehead atoms. The lowest BCUT2D eigenvalue weighted by Gasteiger charge is -2.04. The van der Waals surface area contributed by atoms with Crippen LogP contribution in [0.1, 0.15) is 15.9 Å². The lowest BCUT2D eigenvalue weighted by Crippen LogP contribution is -2.13. The van der Waals surface area contributed by atoms with Crippen LogP contribution in [0.4, 0.5) is 13.9 Å². The average molecular weight is 398 g/mol. The van der Waals surface area contributed by atoms with Crippen molar-refractivity contribution in [1.82, 2.24) is 10.2 Å². The highest BCUT2D eigenvalue weighted by molar-refractivity contribution is 8.00. The Morgan fingerprint density at radius 3 is 2.64 bits per heavy atom. The molecule has 2 aromatic carbocycles. The van der Waals surface area contributed by atoms with Crippen molar-refractivity contribution >= 4 is 45.7 Å². The molecule has 0 saturated carbocycles. The summed E-state index contributed by atoms with van der Waals surface area (Å²) in [6.07, 6.45) is 0. The third-order valence-corrected chi connectivity index (χ3v) is 5.44. The van der Waals surface area contributed by atoms with Crippen molar-refractivity contribution in [3.05, 3.63) is 70.2 Å². The molecule has 1 heterocycles. The molecule has 0 aliphatic heterocycles. The van der Waals surface area contributed by atoms with Crippen LogP contribution in [0.2, 0.25) is 5.02 Å². The summed E-state index contributed by atoms with van der Waals surface area (Å²) < 4.78 is 27.0. The normalized spacial score (nSPS) is 10.7. The molecule has 0 fully saturated rings. The number of hydrogen-bond donors (Lipinski definition) is 1. The van der Waals surface area contributed by atoms with Crippen LogP contribution in [0.5, 0.6) is 0 Å². The van der Waals surface area contributed by atoms with Crippen molar-refractivity contribution in [2.45, 2.75) is 10.1 Å². The molecule has 0 saturated heterocycles. The summed E-state index contributed by atoms with van der Waals surface area (Å²) in [6.45, 7) is 0. The minimum Gasteiger partial charge on any atom is -0.296 e. The minimum atomic E-state index is -1.15. The fourth-order valence-corrected chi connectivity index (χ4v) is 3.84. The fourth-order valence-electron chi connectivity index (χ4n) is 1.90. The zero-order valence-corrected chi connectivity index (χ0v) is 14.9. The third kappa shape index (κ3) is 4.53. The smallest absolute Gasteiger partial charge is 0.259 e. The summed E-state index contributed by atoms with van der Waals surface area (Å²) in [4.78, 5) is 12.1. The van der Waals surface area contributed by atoms with E-state index in [-0.39, 0.29) is 15.7 Å². The van der Waals surface area contributed by atoms with E-state index in [2.05, 4.69) is 15.5 Å². The molecule has 1 aromatic heterocycles. The van der Waals surface area contributed by atoms with E-state index in [0.29, 0.717) is 4.34 Å². The maximum atomic E-state index is 13.3. The Labute approximate surface area is 155 Å². The number of carbonyl (C=O) groups is 1. The molecule has 25 heavy (non-hydrogen) atoms. The van der Waals surface area contributed by atoms with Gasteiger partial charge in [0.25, 0.3) is 5.91 Å². The number of hydrogen-bond acceptors (Lipinski definition) is 5. The molecule has 0 spiro atoms. The van der Waals surface area contributed by atoms with E-state index in [9.17, 15) is 13.6 Å². The van der Waals surface area contributed by atoms with Crippen molar-refractivity contribution < 1.29 is 13.6 Å². The van der Waals surface area contributed by atoms with E-state index in [1.165, 1.54) is 23.1 Å². The van der Waals surface area contributed by atoms with Gasteiger partial charge in [-0.3, -0.25) is 10.1 Å². The molecule has 128 valence electrons. The van der Waals surface area contributed by atoms with Crippen LogP contribution in [-0.2, 0) is 5.75 Å². The lowest BCUT2D eigenvalue weighted by atomic mass is 10.2. The summed E-state index contributed by atoms with van der Waals surface area (Å²) in [7, 11) is 0. The first kappa shape index (κ1) is 17.8. The SMILES string of the molecule is O=C(Nc1nnc(SCc2ccccc2)s1)c1cc(F)c(F)cc1Cl. The topological polar surface area (TPSA) is 54.9 Å². The number of carbonyl (C=O) groups excluding carboxylic acids is 1. The van der Waals surface area contributed by atoms with Crippen molar-refractivity contribution in [1.29, 1.82) is 0 Å². The van der Waals surface area contributed by atoms with Gasteiger partial charge in [0, 0.05) is 5.75 Å². The van der Waals surface area contributed by atoms with Crippen LogP contribution in [0.25, 0.3) is 0 Å². The van der Waals surface area contributed by atoms with Gasteiger partial charge in [0.2, 0.25) is 5.13 Å². The van der Waals surface area contributed by atoms with Crippen molar-refractivity contribution in [2.75, 3.05) is 5.32 Å². The third-order valence-electron chi connectivity index (χ3n) is 3.09. The molecule has 1 N–H and O–H groups in total. The zero-order chi connectivity index (χ0) is 17.8. The molecule has 0 atom stereocenters. The standard InChI is InChI=1S/C16H10ClF2N3OS2/c17-11-7-13(19)12(18)6-10(11)14(23)20-15-21-22-16(25-15)24-8-9-4-2-1-3-5-9/h1-7H,8H2,(H,20,21,23). The second-order valence-corrected chi connectivity index (χ2v) is 7.45. The van der Waals surface area contributed by atoms with Gasteiger partial charge in [0.05, 0.1) is 10.6 Å². The van der Waals surface area contributed by atoms with Crippen LogP contribution in [0.3, 0.4) is 0 Å². The Morgan fingerprint density at radius 2 is 1.88 bits per heavy atom. The average Bonchev–Trinajstić information content (AvgIpc) is 3.04. The van der Waals surface area contributed by atoms with E-state index >= 15 is 0 Å². The quantitative estimate of drug-likeness (QED) is 0.373. The zero-order valence-electron chi connectivity index (χ0n) is 12.5. The summed E-state index contributed by atoms with van der Waals surface area (Å²) >= 11 is 8.45. The number of amides is 1. The van der Waals surface area contributed by atoms with Gasteiger partial charge in [-0.05, 0) is 17.7 Å². The van der Waals surface area contributed by atoms with Gasteiger partial charge in [-0.2, -0.15) is 0 Å². The number of aromatic nitrogens is 2. The molecule has 1 amide bonds. The predicted octanol–water partition coefficient (Wildman–Crippen LogP) is 5.01. The maximum absolute atomic E-state index is 13.3. The number of rotatable bonds is 5. The summed E-state index contributed by atoms with van der Waals surface area (Å²) in [5.41, 5.74) is 0.969. The Hall–Kier alpha value is -2.03. The van der Waals surface area contributed by atoms with Crippen molar-refractivity contribution in [2.24, 2.45) is 0 Å². The highest BCUT2D eigenvalue weighted by Crippen LogP contribution is 2.29. The number of thioether (sulfide) groups is 1. The first-order valence-electron chi connectivity index (χ1n) is 6.99. The second kappa shape index (κ2) is 7.90. The van der Waals surface area contributed by atoms with Crippen LogP contribution in [0, 0.1) is 11.6 Å². The molecule has 0 aliphatic rings. The Balaban J connectivity index is 1.65. The number of halogens is 3.